The van der Waals surface area contributed by atoms with Gasteiger partial charge >= 0.3 is 0 Å². The van der Waals surface area contributed by atoms with E-state index < -0.39 is 0 Å². The highest BCUT2D eigenvalue weighted by Gasteiger charge is 2.32. The summed E-state index contributed by atoms with van der Waals surface area (Å²) in [5.41, 5.74) is 2.60. The third kappa shape index (κ3) is 3.20. The monoisotopic (exact) mass is 271 g/mol. The summed E-state index contributed by atoms with van der Waals surface area (Å²) >= 11 is 0. The van der Waals surface area contributed by atoms with Gasteiger partial charge in [-0.1, -0.05) is 31.3 Å². The van der Waals surface area contributed by atoms with E-state index in [9.17, 15) is 4.79 Å². The smallest absolute Gasteiger partial charge is 0.251 e. The molecule has 20 heavy (non-hydrogen) atoms. The molecule has 0 unspecified atom stereocenters. The number of hydrogen-bond donors (Lipinski definition) is 2. The van der Waals surface area contributed by atoms with Crippen molar-refractivity contribution >= 4 is 5.91 Å². The maximum Gasteiger partial charge on any atom is 0.251 e. The second kappa shape index (κ2) is 6.11. The lowest BCUT2D eigenvalue weighted by molar-refractivity contribution is 0.0890. The van der Waals surface area contributed by atoms with Crippen LogP contribution in [0, 0.1) is 24.2 Å². The molecule has 1 saturated carbocycles. The lowest BCUT2D eigenvalue weighted by Crippen LogP contribution is -2.40. The van der Waals surface area contributed by atoms with E-state index in [1.54, 1.807) is 0 Å². The molecule has 0 heterocycles. The van der Waals surface area contributed by atoms with Crippen LogP contribution in [0.15, 0.2) is 18.2 Å². The van der Waals surface area contributed by atoms with Gasteiger partial charge < -0.3 is 10.4 Å². The number of carbonyl (C=O) groups excluding carboxylic acids is 1. The molecule has 1 aliphatic carbocycles. The number of benzene rings is 1. The standard InChI is InChI=1S/C17H21NO2/c1-13-14(7-4-11-19)6-3-8-15(13)16(20)18-12-17(2)9-5-10-17/h3,6,8,19H,5,9-12H2,1-2H3,(H,18,20). The Hall–Kier alpha value is -1.79. The summed E-state index contributed by atoms with van der Waals surface area (Å²) in [6.45, 7) is 4.67. The van der Waals surface area contributed by atoms with Crippen molar-refractivity contribution in [2.45, 2.75) is 33.1 Å². The van der Waals surface area contributed by atoms with Crippen molar-refractivity contribution in [3.05, 3.63) is 34.9 Å². The molecule has 0 saturated heterocycles. The number of aliphatic hydroxyl groups is 1. The van der Waals surface area contributed by atoms with E-state index in [1.165, 1.54) is 19.3 Å². The Bertz CT molecular complexity index is 562. The number of rotatable bonds is 3. The minimum absolute atomic E-state index is 0.0386. The van der Waals surface area contributed by atoms with Crippen LogP contribution in [0.25, 0.3) is 0 Å². The first kappa shape index (κ1) is 14.6. The molecule has 0 radical (unpaired) electrons. The predicted octanol–water partition coefficient (Wildman–Crippen LogP) is 2.26. The summed E-state index contributed by atoms with van der Waals surface area (Å²) < 4.78 is 0. The van der Waals surface area contributed by atoms with Gasteiger partial charge in [-0.05, 0) is 42.9 Å². The second-order valence-corrected chi connectivity index (χ2v) is 5.78. The van der Waals surface area contributed by atoms with Crippen LogP contribution in [0.2, 0.25) is 0 Å². The van der Waals surface area contributed by atoms with Gasteiger partial charge in [-0.25, -0.2) is 0 Å². The van der Waals surface area contributed by atoms with Crippen molar-refractivity contribution in [3.63, 3.8) is 0 Å². The fraction of sp³-hybridized carbons (Fsp3) is 0.471. The molecule has 0 aromatic heterocycles. The number of nitrogens with one attached hydrogen (secondary N) is 1. The summed E-state index contributed by atoms with van der Waals surface area (Å²) in [6, 6.07) is 5.51. The van der Waals surface area contributed by atoms with Crippen LogP contribution in [0.4, 0.5) is 0 Å². The largest absolute Gasteiger partial charge is 0.384 e. The number of amides is 1. The van der Waals surface area contributed by atoms with Crippen molar-refractivity contribution in [3.8, 4) is 11.8 Å². The molecule has 2 N–H and O–H groups in total. The first-order chi connectivity index (χ1) is 9.56. The summed E-state index contributed by atoms with van der Waals surface area (Å²) in [6.07, 6.45) is 3.64. The SMILES string of the molecule is Cc1c(C#CCO)cccc1C(=O)NCC1(C)CCC1. The summed E-state index contributed by atoms with van der Waals surface area (Å²) in [5, 5.41) is 11.8. The number of aliphatic hydroxyl groups excluding tert-OH is 1. The van der Waals surface area contributed by atoms with Gasteiger partial charge in [-0.3, -0.25) is 4.79 Å². The Morgan fingerprint density at radius 1 is 1.45 bits per heavy atom. The lowest BCUT2D eigenvalue weighted by atomic mass is 9.70. The van der Waals surface area contributed by atoms with Crippen molar-refractivity contribution in [2.75, 3.05) is 13.2 Å². The Balaban J connectivity index is 2.09. The van der Waals surface area contributed by atoms with Gasteiger partial charge in [0.2, 0.25) is 0 Å². The van der Waals surface area contributed by atoms with Crippen molar-refractivity contribution < 1.29 is 9.90 Å². The fourth-order valence-electron chi connectivity index (χ4n) is 2.50. The highest BCUT2D eigenvalue weighted by atomic mass is 16.2. The maximum atomic E-state index is 12.3. The van der Waals surface area contributed by atoms with Gasteiger partial charge in [0.1, 0.15) is 6.61 Å². The molecule has 1 aromatic rings. The molecular formula is C17H21NO2. The first-order valence-electron chi connectivity index (χ1n) is 7.03. The van der Waals surface area contributed by atoms with Crippen LogP contribution < -0.4 is 5.32 Å². The molecular weight excluding hydrogens is 250 g/mol. The molecule has 1 aromatic carbocycles. The van der Waals surface area contributed by atoms with Gasteiger partial charge in [0.05, 0.1) is 0 Å². The van der Waals surface area contributed by atoms with Crippen molar-refractivity contribution in [1.82, 2.24) is 5.32 Å². The van der Waals surface area contributed by atoms with Crippen LogP contribution in [-0.4, -0.2) is 24.2 Å². The highest BCUT2D eigenvalue weighted by Crippen LogP contribution is 2.39. The third-order valence-electron chi connectivity index (χ3n) is 4.12. The van der Waals surface area contributed by atoms with E-state index in [0.717, 1.165) is 17.7 Å². The van der Waals surface area contributed by atoms with Crippen LogP contribution in [-0.2, 0) is 0 Å². The van der Waals surface area contributed by atoms with Crippen LogP contribution in [0.1, 0.15) is 47.7 Å². The molecule has 0 spiro atoms. The van der Waals surface area contributed by atoms with E-state index >= 15 is 0 Å². The molecule has 1 amide bonds. The van der Waals surface area contributed by atoms with Crippen molar-refractivity contribution in [2.24, 2.45) is 5.41 Å². The lowest BCUT2D eigenvalue weighted by Gasteiger charge is -2.38. The first-order valence-corrected chi connectivity index (χ1v) is 7.03. The van der Waals surface area contributed by atoms with Crippen LogP contribution in [0.5, 0.6) is 0 Å². The second-order valence-electron chi connectivity index (χ2n) is 5.78. The average Bonchev–Trinajstić information content (AvgIpc) is 2.41. The molecule has 0 aliphatic heterocycles. The zero-order valence-electron chi connectivity index (χ0n) is 12.1. The van der Waals surface area contributed by atoms with Gasteiger partial charge in [-0.15, -0.1) is 0 Å². The van der Waals surface area contributed by atoms with E-state index in [-0.39, 0.29) is 17.9 Å². The van der Waals surface area contributed by atoms with E-state index in [1.807, 2.05) is 25.1 Å². The van der Waals surface area contributed by atoms with Crippen LogP contribution in [0.3, 0.4) is 0 Å². The summed E-state index contributed by atoms with van der Waals surface area (Å²) in [5.74, 6) is 5.45. The average molecular weight is 271 g/mol. The molecule has 3 heteroatoms. The van der Waals surface area contributed by atoms with E-state index in [0.29, 0.717) is 5.56 Å². The molecule has 1 aliphatic rings. The van der Waals surface area contributed by atoms with E-state index in [4.69, 9.17) is 5.11 Å². The Labute approximate surface area is 120 Å². The molecule has 1 fully saturated rings. The zero-order valence-corrected chi connectivity index (χ0v) is 12.1. The number of carbonyl (C=O) groups is 1. The number of hydrogen-bond acceptors (Lipinski definition) is 2. The molecule has 2 rings (SSSR count). The summed E-state index contributed by atoms with van der Waals surface area (Å²) in [7, 11) is 0. The maximum absolute atomic E-state index is 12.3. The normalized spacial score (nSPS) is 15.8. The highest BCUT2D eigenvalue weighted by molar-refractivity contribution is 5.96. The predicted molar refractivity (Wildman–Crippen MR) is 79.4 cm³/mol. The molecule has 3 nitrogen and oxygen atoms in total. The van der Waals surface area contributed by atoms with Crippen LogP contribution >= 0.6 is 0 Å². The molecule has 0 atom stereocenters. The third-order valence-corrected chi connectivity index (χ3v) is 4.12. The van der Waals surface area contributed by atoms with Gasteiger partial charge in [0.15, 0.2) is 0 Å². The Morgan fingerprint density at radius 3 is 2.80 bits per heavy atom. The Morgan fingerprint density at radius 2 is 2.20 bits per heavy atom. The molecule has 0 bridgehead atoms. The quantitative estimate of drug-likeness (QED) is 0.828. The van der Waals surface area contributed by atoms with Gasteiger partial charge in [0, 0.05) is 17.7 Å². The zero-order chi connectivity index (χ0) is 14.6. The van der Waals surface area contributed by atoms with E-state index in [2.05, 4.69) is 24.1 Å². The van der Waals surface area contributed by atoms with Crippen molar-refractivity contribution in [1.29, 1.82) is 0 Å². The Kier molecular flexibility index (Phi) is 4.46. The van der Waals surface area contributed by atoms with Gasteiger partial charge in [0.25, 0.3) is 5.91 Å². The fourth-order valence-corrected chi connectivity index (χ4v) is 2.50. The van der Waals surface area contributed by atoms with Gasteiger partial charge in [-0.2, -0.15) is 0 Å². The topological polar surface area (TPSA) is 49.3 Å². The molecule has 106 valence electrons. The minimum atomic E-state index is -0.172. The minimum Gasteiger partial charge on any atom is -0.384 e. The summed E-state index contributed by atoms with van der Waals surface area (Å²) in [4.78, 5) is 12.3.